The number of hydrogen-bond acceptors (Lipinski definition) is 3. The normalized spacial score (nSPS) is 21.2. The SMILES string of the molecule is CC(C)Oc1cccc(C(CN)N2CCC(C(C)C)C2)c1. The maximum atomic E-state index is 6.08. The van der Waals surface area contributed by atoms with Crippen LogP contribution < -0.4 is 10.5 Å². The van der Waals surface area contributed by atoms with Gasteiger partial charge in [0.2, 0.25) is 0 Å². The molecule has 2 unspecified atom stereocenters. The molecule has 1 fully saturated rings. The zero-order chi connectivity index (χ0) is 15.4. The van der Waals surface area contributed by atoms with E-state index in [4.69, 9.17) is 10.5 Å². The smallest absolute Gasteiger partial charge is 0.120 e. The summed E-state index contributed by atoms with van der Waals surface area (Å²) in [4.78, 5) is 2.54. The second-order valence-electron chi connectivity index (χ2n) is 6.78. The quantitative estimate of drug-likeness (QED) is 0.872. The van der Waals surface area contributed by atoms with Crippen molar-refractivity contribution in [3.05, 3.63) is 29.8 Å². The van der Waals surface area contributed by atoms with Gasteiger partial charge in [-0.3, -0.25) is 4.90 Å². The van der Waals surface area contributed by atoms with Crippen molar-refractivity contribution in [3.8, 4) is 5.75 Å². The van der Waals surface area contributed by atoms with Crippen LogP contribution in [0.3, 0.4) is 0 Å². The highest BCUT2D eigenvalue weighted by molar-refractivity contribution is 5.31. The van der Waals surface area contributed by atoms with Gasteiger partial charge in [0.1, 0.15) is 5.75 Å². The Hall–Kier alpha value is -1.06. The lowest BCUT2D eigenvalue weighted by Gasteiger charge is -2.28. The molecule has 0 saturated carbocycles. The zero-order valence-electron chi connectivity index (χ0n) is 13.9. The van der Waals surface area contributed by atoms with Gasteiger partial charge in [0.15, 0.2) is 0 Å². The van der Waals surface area contributed by atoms with Crippen molar-refractivity contribution >= 4 is 0 Å². The summed E-state index contributed by atoms with van der Waals surface area (Å²) in [6.07, 6.45) is 1.49. The molecule has 1 aliphatic rings. The maximum absolute atomic E-state index is 6.08. The molecule has 21 heavy (non-hydrogen) atoms. The van der Waals surface area contributed by atoms with Crippen molar-refractivity contribution in [2.75, 3.05) is 19.6 Å². The zero-order valence-corrected chi connectivity index (χ0v) is 13.9. The van der Waals surface area contributed by atoms with Crippen molar-refractivity contribution < 1.29 is 4.74 Å². The first-order chi connectivity index (χ1) is 10.0. The van der Waals surface area contributed by atoms with Gasteiger partial charge in [-0.05, 0) is 56.3 Å². The number of likely N-dealkylation sites (tertiary alicyclic amines) is 1. The van der Waals surface area contributed by atoms with Crippen LogP contribution in [-0.2, 0) is 0 Å². The molecule has 118 valence electrons. The Balaban J connectivity index is 2.11. The number of nitrogens with two attached hydrogens (primary N) is 1. The minimum absolute atomic E-state index is 0.202. The number of nitrogens with zero attached hydrogens (tertiary/aromatic N) is 1. The molecule has 1 aromatic rings. The summed E-state index contributed by atoms with van der Waals surface area (Å²) < 4.78 is 5.81. The Morgan fingerprint density at radius 3 is 2.62 bits per heavy atom. The Bertz CT molecular complexity index is 445. The number of hydrogen-bond donors (Lipinski definition) is 1. The summed E-state index contributed by atoms with van der Waals surface area (Å²) in [6, 6.07) is 8.74. The largest absolute Gasteiger partial charge is 0.491 e. The van der Waals surface area contributed by atoms with E-state index in [0.29, 0.717) is 12.6 Å². The molecule has 2 rings (SSSR count). The highest BCUT2D eigenvalue weighted by Gasteiger charge is 2.30. The van der Waals surface area contributed by atoms with Crippen LogP contribution in [0.25, 0.3) is 0 Å². The van der Waals surface area contributed by atoms with Crippen molar-refractivity contribution in [1.82, 2.24) is 4.90 Å². The standard InChI is InChI=1S/C18H30N2O/c1-13(2)16-8-9-20(12-16)18(11-19)15-6-5-7-17(10-15)21-14(3)4/h5-7,10,13-14,16,18H,8-9,11-12,19H2,1-4H3. The third kappa shape index (κ3) is 4.21. The fraction of sp³-hybridized carbons (Fsp3) is 0.667. The predicted molar refractivity (Wildman–Crippen MR) is 88.5 cm³/mol. The summed E-state index contributed by atoms with van der Waals surface area (Å²) in [6.45, 7) is 11.7. The summed E-state index contributed by atoms with van der Waals surface area (Å²) in [7, 11) is 0. The van der Waals surface area contributed by atoms with Crippen LogP contribution in [0.2, 0.25) is 0 Å². The fourth-order valence-corrected chi connectivity index (χ4v) is 3.21. The lowest BCUT2D eigenvalue weighted by atomic mass is 9.95. The lowest BCUT2D eigenvalue weighted by molar-refractivity contribution is 0.227. The van der Waals surface area contributed by atoms with Crippen LogP contribution in [-0.4, -0.2) is 30.6 Å². The minimum Gasteiger partial charge on any atom is -0.491 e. The predicted octanol–water partition coefficient (Wildman–Crippen LogP) is 3.45. The van der Waals surface area contributed by atoms with Gasteiger partial charge in [0, 0.05) is 19.1 Å². The number of benzene rings is 1. The Labute approximate surface area is 129 Å². The topological polar surface area (TPSA) is 38.5 Å². The van der Waals surface area contributed by atoms with Crippen molar-refractivity contribution in [1.29, 1.82) is 0 Å². The highest BCUT2D eigenvalue weighted by Crippen LogP contribution is 2.31. The van der Waals surface area contributed by atoms with Gasteiger partial charge in [0.25, 0.3) is 0 Å². The van der Waals surface area contributed by atoms with Gasteiger partial charge in [0.05, 0.1) is 6.10 Å². The third-order valence-electron chi connectivity index (χ3n) is 4.48. The van der Waals surface area contributed by atoms with Gasteiger partial charge >= 0.3 is 0 Å². The Morgan fingerprint density at radius 1 is 1.29 bits per heavy atom. The Kier molecular flexibility index (Phi) is 5.65. The number of ether oxygens (including phenoxy) is 1. The molecular weight excluding hydrogens is 260 g/mol. The summed E-state index contributed by atoms with van der Waals surface area (Å²) in [5.41, 5.74) is 7.35. The van der Waals surface area contributed by atoms with Gasteiger partial charge in [-0.25, -0.2) is 0 Å². The molecule has 0 spiro atoms. The molecule has 1 saturated heterocycles. The summed E-state index contributed by atoms with van der Waals surface area (Å²) >= 11 is 0. The first kappa shape index (κ1) is 16.3. The van der Waals surface area contributed by atoms with Crippen molar-refractivity contribution in [2.45, 2.75) is 46.3 Å². The summed E-state index contributed by atoms with van der Waals surface area (Å²) in [5, 5.41) is 0. The fourth-order valence-electron chi connectivity index (χ4n) is 3.21. The van der Waals surface area contributed by atoms with E-state index < -0.39 is 0 Å². The molecule has 0 bridgehead atoms. The first-order valence-electron chi connectivity index (χ1n) is 8.22. The molecule has 0 aliphatic carbocycles. The molecule has 3 heteroatoms. The molecular formula is C18H30N2O. The summed E-state index contributed by atoms with van der Waals surface area (Å²) in [5.74, 6) is 2.50. The van der Waals surface area contributed by atoms with Crippen LogP contribution in [0.4, 0.5) is 0 Å². The maximum Gasteiger partial charge on any atom is 0.120 e. The second-order valence-corrected chi connectivity index (χ2v) is 6.78. The first-order valence-corrected chi connectivity index (χ1v) is 8.22. The van der Waals surface area contributed by atoms with E-state index in [-0.39, 0.29) is 6.10 Å². The molecule has 1 aromatic carbocycles. The molecule has 2 atom stereocenters. The molecule has 3 nitrogen and oxygen atoms in total. The van der Waals surface area contributed by atoms with E-state index in [9.17, 15) is 0 Å². The molecule has 2 N–H and O–H groups in total. The average Bonchev–Trinajstić information content (AvgIpc) is 2.89. The molecule has 1 aliphatic heterocycles. The Morgan fingerprint density at radius 2 is 2.05 bits per heavy atom. The van der Waals surface area contributed by atoms with Crippen LogP contribution >= 0.6 is 0 Å². The van der Waals surface area contributed by atoms with E-state index in [1.54, 1.807) is 0 Å². The monoisotopic (exact) mass is 290 g/mol. The van der Waals surface area contributed by atoms with Crippen LogP contribution in [0.15, 0.2) is 24.3 Å². The molecule has 0 amide bonds. The van der Waals surface area contributed by atoms with Crippen LogP contribution in [0.1, 0.15) is 45.7 Å². The number of rotatable bonds is 6. The molecule has 1 heterocycles. The highest BCUT2D eigenvalue weighted by atomic mass is 16.5. The van der Waals surface area contributed by atoms with E-state index >= 15 is 0 Å². The van der Waals surface area contributed by atoms with Crippen molar-refractivity contribution in [3.63, 3.8) is 0 Å². The average molecular weight is 290 g/mol. The van der Waals surface area contributed by atoms with E-state index in [1.807, 2.05) is 6.07 Å². The lowest BCUT2D eigenvalue weighted by Crippen LogP contribution is -2.32. The van der Waals surface area contributed by atoms with Gasteiger partial charge in [-0.2, -0.15) is 0 Å². The molecule has 0 radical (unpaired) electrons. The van der Waals surface area contributed by atoms with Crippen LogP contribution in [0, 0.1) is 11.8 Å². The van der Waals surface area contributed by atoms with E-state index in [0.717, 1.165) is 30.7 Å². The van der Waals surface area contributed by atoms with E-state index in [1.165, 1.54) is 12.0 Å². The van der Waals surface area contributed by atoms with Gasteiger partial charge in [-0.15, -0.1) is 0 Å². The van der Waals surface area contributed by atoms with Crippen LogP contribution in [0.5, 0.6) is 5.75 Å². The second kappa shape index (κ2) is 7.28. The minimum atomic E-state index is 0.202. The van der Waals surface area contributed by atoms with Gasteiger partial charge in [-0.1, -0.05) is 26.0 Å². The molecule has 0 aromatic heterocycles. The third-order valence-corrected chi connectivity index (χ3v) is 4.48. The van der Waals surface area contributed by atoms with E-state index in [2.05, 4.69) is 50.8 Å². The van der Waals surface area contributed by atoms with Crippen molar-refractivity contribution in [2.24, 2.45) is 17.6 Å². The van der Waals surface area contributed by atoms with Gasteiger partial charge < -0.3 is 10.5 Å².